The monoisotopic (exact) mass is 378 g/mol. The predicted molar refractivity (Wildman–Crippen MR) is 96.4 cm³/mol. The zero-order valence-corrected chi connectivity index (χ0v) is 15.2. The Hall–Kier alpha value is -2.94. The lowest BCUT2D eigenvalue weighted by Gasteiger charge is -2.12. The van der Waals surface area contributed by atoms with Crippen LogP contribution in [-0.4, -0.2) is 31.6 Å². The maximum Gasteiger partial charge on any atom is 0.273 e. The maximum atomic E-state index is 12.5. The van der Waals surface area contributed by atoms with Crippen LogP contribution in [0.2, 0.25) is 0 Å². The highest BCUT2D eigenvalue weighted by Crippen LogP contribution is 2.29. The van der Waals surface area contributed by atoms with Crippen molar-refractivity contribution in [3.05, 3.63) is 58.1 Å². The van der Waals surface area contributed by atoms with Crippen LogP contribution < -0.4 is 10.1 Å². The van der Waals surface area contributed by atoms with Gasteiger partial charge in [-0.15, -0.1) is 0 Å². The quantitative estimate of drug-likeness (QED) is 0.610. The molecule has 0 aliphatic heterocycles. The van der Waals surface area contributed by atoms with Crippen molar-refractivity contribution in [1.29, 1.82) is 0 Å². The van der Waals surface area contributed by atoms with Gasteiger partial charge in [0.2, 0.25) is 0 Å². The zero-order chi connectivity index (χ0) is 19.5. The van der Waals surface area contributed by atoms with Gasteiger partial charge in [0.1, 0.15) is 5.75 Å². The first-order valence-corrected chi connectivity index (χ1v) is 9.19. The summed E-state index contributed by atoms with van der Waals surface area (Å²) in [4.78, 5) is 22.7. The Bertz CT molecular complexity index is 953. The van der Waals surface area contributed by atoms with E-state index >= 15 is 0 Å². The van der Waals surface area contributed by atoms with Gasteiger partial charge in [0.15, 0.2) is 9.84 Å². The van der Waals surface area contributed by atoms with Gasteiger partial charge >= 0.3 is 0 Å². The van der Waals surface area contributed by atoms with Gasteiger partial charge in [0.05, 0.1) is 33.9 Å². The van der Waals surface area contributed by atoms with Crippen LogP contribution >= 0.6 is 0 Å². The predicted octanol–water partition coefficient (Wildman–Crippen LogP) is 3.04. The molecule has 0 heterocycles. The topological polar surface area (TPSA) is 116 Å². The number of nitrogens with zero attached hydrogens (tertiary/aromatic N) is 1. The SMILES string of the molecule is COc1cc([N+](=O)[O-])ccc1NC(=O)c1cccc(S(=O)(=O)C(C)C)c1. The number of ether oxygens (including phenoxy) is 1. The Balaban J connectivity index is 2.33. The number of rotatable bonds is 6. The van der Waals surface area contributed by atoms with Gasteiger partial charge in [-0.2, -0.15) is 0 Å². The van der Waals surface area contributed by atoms with Gasteiger partial charge in [-0.3, -0.25) is 14.9 Å². The Morgan fingerprint density at radius 1 is 1.19 bits per heavy atom. The van der Waals surface area contributed by atoms with Crippen LogP contribution in [0.1, 0.15) is 24.2 Å². The maximum absolute atomic E-state index is 12.5. The number of carbonyl (C=O) groups is 1. The summed E-state index contributed by atoms with van der Waals surface area (Å²) in [6.07, 6.45) is 0. The lowest BCUT2D eigenvalue weighted by Crippen LogP contribution is -2.16. The number of benzene rings is 2. The number of anilines is 1. The van der Waals surface area contributed by atoms with E-state index in [-0.39, 0.29) is 27.6 Å². The number of hydrogen-bond donors (Lipinski definition) is 1. The number of carbonyl (C=O) groups excluding carboxylic acids is 1. The number of non-ortho nitro benzene ring substituents is 1. The summed E-state index contributed by atoms with van der Waals surface area (Å²) in [5.74, 6) is -0.434. The smallest absolute Gasteiger partial charge is 0.273 e. The number of nitrogens with one attached hydrogen (secondary N) is 1. The second-order valence-electron chi connectivity index (χ2n) is 5.72. The molecule has 138 valence electrons. The van der Waals surface area contributed by atoms with Crippen LogP contribution in [0.15, 0.2) is 47.4 Å². The fourth-order valence-electron chi connectivity index (χ4n) is 2.18. The molecule has 8 nitrogen and oxygen atoms in total. The number of nitro benzene ring substituents is 1. The minimum atomic E-state index is -3.51. The fraction of sp³-hybridized carbons (Fsp3) is 0.235. The van der Waals surface area contributed by atoms with Gasteiger partial charge in [-0.1, -0.05) is 6.07 Å². The van der Waals surface area contributed by atoms with Crippen molar-refractivity contribution in [2.75, 3.05) is 12.4 Å². The van der Waals surface area contributed by atoms with E-state index in [0.29, 0.717) is 0 Å². The molecular weight excluding hydrogens is 360 g/mol. The van der Waals surface area contributed by atoms with E-state index in [1.807, 2.05) is 0 Å². The van der Waals surface area contributed by atoms with E-state index in [4.69, 9.17) is 4.74 Å². The van der Waals surface area contributed by atoms with Gasteiger partial charge in [-0.25, -0.2) is 8.42 Å². The first-order chi connectivity index (χ1) is 12.2. The third kappa shape index (κ3) is 3.99. The van der Waals surface area contributed by atoms with E-state index in [1.54, 1.807) is 13.8 Å². The van der Waals surface area contributed by atoms with Gasteiger partial charge in [0, 0.05) is 11.6 Å². The fourth-order valence-corrected chi connectivity index (χ4v) is 3.28. The van der Waals surface area contributed by atoms with E-state index < -0.39 is 25.9 Å². The molecule has 1 N–H and O–H groups in total. The molecule has 2 aromatic carbocycles. The highest BCUT2D eigenvalue weighted by molar-refractivity contribution is 7.92. The number of nitro groups is 1. The van der Waals surface area contributed by atoms with Crippen molar-refractivity contribution in [2.45, 2.75) is 24.0 Å². The van der Waals surface area contributed by atoms with Crippen LogP contribution in [0.4, 0.5) is 11.4 Å². The number of amides is 1. The number of methoxy groups -OCH3 is 1. The van der Waals surface area contributed by atoms with Crippen LogP contribution in [0, 0.1) is 10.1 Å². The second kappa shape index (κ2) is 7.52. The Kier molecular flexibility index (Phi) is 5.61. The number of hydrogen-bond acceptors (Lipinski definition) is 6. The van der Waals surface area contributed by atoms with E-state index in [0.717, 1.165) is 0 Å². The number of sulfone groups is 1. The lowest BCUT2D eigenvalue weighted by molar-refractivity contribution is -0.384. The third-order valence-corrected chi connectivity index (χ3v) is 5.84. The van der Waals surface area contributed by atoms with Crippen molar-refractivity contribution in [3.63, 3.8) is 0 Å². The van der Waals surface area contributed by atoms with E-state index in [9.17, 15) is 23.3 Å². The summed E-state index contributed by atoms with van der Waals surface area (Å²) in [5, 5.41) is 12.8. The third-order valence-electron chi connectivity index (χ3n) is 3.69. The molecule has 9 heteroatoms. The Morgan fingerprint density at radius 3 is 2.46 bits per heavy atom. The summed E-state index contributed by atoms with van der Waals surface area (Å²) >= 11 is 0. The Labute approximate surface area is 150 Å². The van der Waals surface area contributed by atoms with Crippen LogP contribution in [0.5, 0.6) is 5.75 Å². The van der Waals surface area contributed by atoms with Crippen molar-refractivity contribution >= 4 is 27.1 Å². The molecule has 1 amide bonds. The molecule has 0 bridgehead atoms. The second-order valence-corrected chi connectivity index (χ2v) is 8.22. The molecule has 0 spiro atoms. The van der Waals surface area contributed by atoms with Gasteiger partial charge in [0.25, 0.3) is 11.6 Å². The molecular formula is C17H18N2O6S. The average molecular weight is 378 g/mol. The summed E-state index contributed by atoms with van der Waals surface area (Å²) < 4.78 is 29.6. The van der Waals surface area contributed by atoms with Crippen molar-refractivity contribution in [1.82, 2.24) is 0 Å². The Morgan fingerprint density at radius 2 is 1.88 bits per heavy atom. The largest absolute Gasteiger partial charge is 0.494 e. The molecule has 0 aliphatic carbocycles. The molecule has 0 saturated heterocycles. The average Bonchev–Trinajstić information content (AvgIpc) is 2.61. The minimum Gasteiger partial charge on any atom is -0.494 e. The van der Waals surface area contributed by atoms with Crippen LogP contribution in [0.3, 0.4) is 0 Å². The van der Waals surface area contributed by atoms with Crippen LogP contribution in [0.25, 0.3) is 0 Å². The van der Waals surface area contributed by atoms with Crippen molar-refractivity contribution < 1.29 is 22.9 Å². The van der Waals surface area contributed by atoms with Crippen molar-refractivity contribution in [3.8, 4) is 5.75 Å². The highest BCUT2D eigenvalue weighted by atomic mass is 32.2. The first-order valence-electron chi connectivity index (χ1n) is 7.64. The zero-order valence-electron chi connectivity index (χ0n) is 14.4. The molecule has 0 aliphatic rings. The first kappa shape index (κ1) is 19.4. The molecule has 0 unspecified atom stereocenters. The van der Waals surface area contributed by atoms with E-state index in [1.165, 1.54) is 49.6 Å². The summed E-state index contributed by atoms with van der Waals surface area (Å²) in [7, 11) is -2.19. The molecule has 0 fully saturated rings. The highest BCUT2D eigenvalue weighted by Gasteiger charge is 2.21. The molecule has 2 aromatic rings. The van der Waals surface area contributed by atoms with E-state index in [2.05, 4.69) is 5.32 Å². The normalized spacial score (nSPS) is 11.2. The molecule has 0 radical (unpaired) electrons. The molecule has 2 rings (SSSR count). The lowest BCUT2D eigenvalue weighted by atomic mass is 10.2. The van der Waals surface area contributed by atoms with Gasteiger partial charge in [-0.05, 0) is 38.1 Å². The van der Waals surface area contributed by atoms with Crippen molar-refractivity contribution in [2.24, 2.45) is 0 Å². The standard InChI is InChI=1S/C17H18N2O6S/c1-11(2)26(23,24)14-6-4-5-12(9-14)17(20)18-15-8-7-13(19(21)22)10-16(15)25-3/h4-11H,1-3H3,(H,18,20). The summed E-state index contributed by atoms with van der Waals surface area (Å²) in [6.45, 7) is 3.12. The van der Waals surface area contributed by atoms with Crippen LogP contribution in [-0.2, 0) is 9.84 Å². The molecule has 0 aromatic heterocycles. The molecule has 0 atom stereocenters. The molecule has 26 heavy (non-hydrogen) atoms. The van der Waals surface area contributed by atoms with Gasteiger partial charge < -0.3 is 10.1 Å². The minimum absolute atomic E-state index is 0.0517. The summed E-state index contributed by atoms with van der Waals surface area (Å²) in [5.41, 5.74) is 0.206. The molecule has 0 saturated carbocycles. The summed E-state index contributed by atoms with van der Waals surface area (Å²) in [6, 6.07) is 9.46.